The standard InChI is InChI=1S/C34H42FN3O5S/c1-4-32(34(40)36-28-9-7-6-8-10-28)37(23-26-13-11-25(3)12-14-26)33(39)24-38(29-17-19-30(20-18-29)43-5-2)44(41,42)31-21-15-27(35)16-22-31/h11-22,28,32H,4-10,23-24H2,1-3H3,(H,36,40). The second kappa shape index (κ2) is 15.2. The van der Waals surface area contributed by atoms with E-state index in [-0.39, 0.29) is 29.1 Å². The predicted molar refractivity (Wildman–Crippen MR) is 169 cm³/mol. The number of amides is 2. The molecule has 4 rings (SSSR count). The van der Waals surface area contributed by atoms with Crippen molar-refractivity contribution in [1.29, 1.82) is 0 Å². The topological polar surface area (TPSA) is 96.0 Å². The molecule has 0 saturated heterocycles. The molecule has 0 aliphatic heterocycles. The first-order valence-corrected chi connectivity index (χ1v) is 16.7. The number of rotatable bonds is 13. The van der Waals surface area contributed by atoms with Crippen molar-refractivity contribution in [3.05, 3.63) is 89.7 Å². The van der Waals surface area contributed by atoms with E-state index in [0.29, 0.717) is 18.8 Å². The molecule has 3 aromatic carbocycles. The maximum absolute atomic E-state index is 14.3. The molecule has 3 aromatic rings. The highest BCUT2D eigenvalue weighted by Gasteiger charge is 2.34. The van der Waals surface area contributed by atoms with Crippen molar-refractivity contribution < 1.29 is 27.1 Å². The number of carbonyl (C=O) groups excluding carboxylic acids is 2. The van der Waals surface area contributed by atoms with Crippen molar-refractivity contribution >= 4 is 27.5 Å². The normalized spacial score (nSPS) is 14.5. The summed E-state index contributed by atoms with van der Waals surface area (Å²) in [6, 6.07) is 17.8. The average Bonchev–Trinajstić information content (AvgIpc) is 3.02. The number of nitrogens with one attached hydrogen (secondary N) is 1. The van der Waals surface area contributed by atoms with Gasteiger partial charge in [0.1, 0.15) is 24.2 Å². The smallest absolute Gasteiger partial charge is 0.264 e. The minimum absolute atomic E-state index is 0.0563. The van der Waals surface area contributed by atoms with Crippen LogP contribution in [-0.2, 0) is 26.2 Å². The van der Waals surface area contributed by atoms with Crippen molar-refractivity contribution in [2.45, 2.75) is 82.8 Å². The van der Waals surface area contributed by atoms with Gasteiger partial charge in [-0.15, -0.1) is 0 Å². The fourth-order valence-electron chi connectivity index (χ4n) is 5.49. The minimum Gasteiger partial charge on any atom is -0.494 e. The number of carbonyl (C=O) groups is 2. The summed E-state index contributed by atoms with van der Waals surface area (Å²) in [6.45, 7) is 5.66. The van der Waals surface area contributed by atoms with Crippen LogP contribution in [0.25, 0.3) is 0 Å². The number of hydrogen-bond acceptors (Lipinski definition) is 5. The van der Waals surface area contributed by atoms with Crippen LogP contribution in [0, 0.1) is 12.7 Å². The Hall–Kier alpha value is -3.92. The molecule has 1 saturated carbocycles. The van der Waals surface area contributed by atoms with E-state index in [0.717, 1.165) is 59.7 Å². The molecule has 0 bridgehead atoms. The SMILES string of the molecule is CCOc1ccc(N(CC(=O)N(Cc2ccc(C)cc2)C(CC)C(=O)NC2CCCCC2)S(=O)(=O)c2ccc(F)cc2)cc1. The second-order valence-corrected chi connectivity index (χ2v) is 13.0. The zero-order valence-corrected chi connectivity index (χ0v) is 26.5. The van der Waals surface area contributed by atoms with Crippen molar-refractivity contribution in [2.75, 3.05) is 17.5 Å². The summed E-state index contributed by atoms with van der Waals surface area (Å²) in [5, 5.41) is 3.15. The lowest BCUT2D eigenvalue weighted by Crippen LogP contribution is -2.54. The third kappa shape index (κ3) is 8.37. The Bertz CT molecular complexity index is 1490. The highest BCUT2D eigenvalue weighted by molar-refractivity contribution is 7.92. The maximum atomic E-state index is 14.3. The van der Waals surface area contributed by atoms with Gasteiger partial charge >= 0.3 is 0 Å². The molecule has 8 nitrogen and oxygen atoms in total. The number of hydrogen-bond donors (Lipinski definition) is 1. The summed E-state index contributed by atoms with van der Waals surface area (Å²) in [4.78, 5) is 29.2. The van der Waals surface area contributed by atoms with Crippen LogP contribution in [0.1, 0.15) is 63.5 Å². The number of halogens is 1. The molecular weight excluding hydrogens is 581 g/mol. The van der Waals surface area contributed by atoms with E-state index in [1.54, 1.807) is 24.3 Å². The highest BCUT2D eigenvalue weighted by atomic mass is 32.2. The third-order valence-corrected chi connectivity index (χ3v) is 9.72. The molecule has 1 unspecified atom stereocenters. The summed E-state index contributed by atoms with van der Waals surface area (Å²) < 4.78 is 48.2. The highest BCUT2D eigenvalue weighted by Crippen LogP contribution is 2.27. The van der Waals surface area contributed by atoms with Crippen LogP contribution in [0.3, 0.4) is 0 Å². The first kappa shape index (κ1) is 33.0. The Kier molecular flexibility index (Phi) is 11.4. The Balaban J connectivity index is 1.70. The van der Waals surface area contributed by atoms with Crippen LogP contribution >= 0.6 is 0 Å². The summed E-state index contributed by atoms with van der Waals surface area (Å²) in [7, 11) is -4.30. The first-order valence-electron chi connectivity index (χ1n) is 15.3. The molecule has 1 atom stereocenters. The molecule has 1 fully saturated rings. The average molecular weight is 624 g/mol. The molecule has 0 heterocycles. The first-order chi connectivity index (χ1) is 21.1. The van der Waals surface area contributed by atoms with Crippen LogP contribution in [0.5, 0.6) is 5.75 Å². The summed E-state index contributed by atoms with van der Waals surface area (Å²) >= 11 is 0. The summed E-state index contributed by atoms with van der Waals surface area (Å²) in [5.41, 5.74) is 2.11. The van der Waals surface area contributed by atoms with Gasteiger partial charge in [0.05, 0.1) is 17.2 Å². The molecule has 0 aromatic heterocycles. The van der Waals surface area contributed by atoms with E-state index in [4.69, 9.17) is 4.74 Å². The molecule has 0 radical (unpaired) electrons. The number of aryl methyl sites for hydroxylation is 1. The number of anilines is 1. The number of ether oxygens (including phenoxy) is 1. The Morgan fingerprint density at radius 2 is 1.57 bits per heavy atom. The maximum Gasteiger partial charge on any atom is 0.264 e. The van der Waals surface area contributed by atoms with Gasteiger partial charge in [0, 0.05) is 12.6 Å². The number of benzene rings is 3. The molecular formula is C34H42FN3O5S. The van der Waals surface area contributed by atoms with Gasteiger partial charge in [0.15, 0.2) is 0 Å². The van der Waals surface area contributed by atoms with Gasteiger partial charge in [-0.3, -0.25) is 13.9 Å². The summed E-state index contributed by atoms with van der Waals surface area (Å²) in [5.74, 6) is -0.801. The number of nitrogens with zero attached hydrogens (tertiary/aromatic N) is 2. The van der Waals surface area contributed by atoms with Crippen LogP contribution in [0.15, 0.2) is 77.7 Å². The summed E-state index contributed by atoms with van der Waals surface area (Å²) in [6.07, 6.45) is 5.39. The Morgan fingerprint density at radius 3 is 2.16 bits per heavy atom. The van der Waals surface area contributed by atoms with Gasteiger partial charge in [0.25, 0.3) is 10.0 Å². The van der Waals surface area contributed by atoms with E-state index in [1.165, 1.54) is 17.0 Å². The van der Waals surface area contributed by atoms with Gasteiger partial charge in [-0.1, -0.05) is 56.0 Å². The van der Waals surface area contributed by atoms with E-state index < -0.39 is 34.3 Å². The molecule has 2 amide bonds. The molecule has 236 valence electrons. The van der Waals surface area contributed by atoms with Crippen LogP contribution in [-0.4, -0.2) is 50.4 Å². The largest absolute Gasteiger partial charge is 0.494 e. The van der Waals surface area contributed by atoms with Gasteiger partial charge in [-0.25, -0.2) is 12.8 Å². The molecule has 1 aliphatic rings. The molecule has 1 aliphatic carbocycles. The van der Waals surface area contributed by atoms with Gasteiger partial charge in [-0.2, -0.15) is 0 Å². The molecule has 10 heteroatoms. The zero-order chi connectivity index (χ0) is 31.7. The van der Waals surface area contributed by atoms with Gasteiger partial charge in [0.2, 0.25) is 11.8 Å². The van der Waals surface area contributed by atoms with Crippen LogP contribution in [0.4, 0.5) is 10.1 Å². The molecule has 0 spiro atoms. The van der Waals surface area contributed by atoms with Gasteiger partial charge < -0.3 is 15.0 Å². The number of sulfonamides is 1. The van der Waals surface area contributed by atoms with E-state index in [2.05, 4.69) is 5.32 Å². The van der Waals surface area contributed by atoms with Crippen molar-refractivity contribution in [1.82, 2.24) is 10.2 Å². The zero-order valence-electron chi connectivity index (χ0n) is 25.7. The molecule has 44 heavy (non-hydrogen) atoms. The van der Waals surface area contributed by atoms with Crippen LogP contribution < -0.4 is 14.4 Å². The van der Waals surface area contributed by atoms with Crippen molar-refractivity contribution in [2.24, 2.45) is 0 Å². The van der Waals surface area contributed by atoms with E-state index >= 15 is 0 Å². The lowest BCUT2D eigenvalue weighted by Gasteiger charge is -2.34. The second-order valence-electron chi connectivity index (χ2n) is 11.2. The fourth-order valence-corrected chi connectivity index (χ4v) is 6.91. The van der Waals surface area contributed by atoms with Crippen molar-refractivity contribution in [3.63, 3.8) is 0 Å². The van der Waals surface area contributed by atoms with Crippen molar-refractivity contribution in [3.8, 4) is 5.75 Å². The molecule has 1 N–H and O–H groups in total. The predicted octanol–water partition coefficient (Wildman–Crippen LogP) is 5.98. The Labute approximate surface area is 260 Å². The fraction of sp³-hybridized carbons (Fsp3) is 0.412. The van der Waals surface area contributed by atoms with Gasteiger partial charge in [-0.05, 0) is 87.2 Å². The van der Waals surface area contributed by atoms with Crippen LogP contribution in [0.2, 0.25) is 0 Å². The minimum atomic E-state index is -4.30. The lowest BCUT2D eigenvalue weighted by molar-refractivity contribution is -0.140. The van der Waals surface area contributed by atoms with E-state index in [1.807, 2.05) is 45.0 Å². The monoisotopic (exact) mass is 623 g/mol. The third-order valence-electron chi connectivity index (χ3n) is 7.93. The quantitative estimate of drug-likeness (QED) is 0.253. The lowest BCUT2D eigenvalue weighted by atomic mass is 9.95. The van der Waals surface area contributed by atoms with E-state index in [9.17, 15) is 22.4 Å². The Morgan fingerprint density at radius 1 is 0.932 bits per heavy atom.